The minimum atomic E-state index is -0.962. The summed E-state index contributed by atoms with van der Waals surface area (Å²) < 4.78 is 5.34. The van der Waals surface area contributed by atoms with E-state index in [1.54, 1.807) is 48.4 Å². The molecule has 3 aromatic carbocycles. The van der Waals surface area contributed by atoms with Crippen molar-refractivity contribution in [3.63, 3.8) is 0 Å². The summed E-state index contributed by atoms with van der Waals surface area (Å²) in [5.41, 5.74) is 2.66. The average molecular weight is 387 g/mol. The zero-order valence-corrected chi connectivity index (χ0v) is 16.0. The predicted molar refractivity (Wildman–Crippen MR) is 109 cm³/mol. The lowest BCUT2D eigenvalue weighted by Crippen LogP contribution is -2.44. The molecule has 1 heterocycles. The van der Waals surface area contributed by atoms with Gasteiger partial charge in [-0.05, 0) is 34.9 Å². The molecule has 29 heavy (non-hydrogen) atoms. The normalized spacial score (nSPS) is 18.2. The maximum absolute atomic E-state index is 13.4. The van der Waals surface area contributed by atoms with E-state index in [1.165, 1.54) is 0 Å². The molecule has 0 aromatic heterocycles. The third-order valence-electron chi connectivity index (χ3n) is 5.34. The third kappa shape index (κ3) is 3.47. The molecule has 0 unspecified atom stereocenters. The van der Waals surface area contributed by atoms with Crippen LogP contribution in [0.5, 0.6) is 5.75 Å². The monoisotopic (exact) mass is 387 g/mol. The first-order valence-electron chi connectivity index (χ1n) is 9.40. The van der Waals surface area contributed by atoms with E-state index in [1.807, 2.05) is 42.5 Å². The number of carbonyl (C=O) groups is 2. The molecule has 1 aliphatic heterocycles. The smallest absolute Gasteiger partial charge is 0.313 e. The van der Waals surface area contributed by atoms with E-state index in [4.69, 9.17) is 4.74 Å². The van der Waals surface area contributed by atoms with E-state index < -0.39 is 17.9 Å². The number of nitrogens with zero attached hydrogens (tertiary/aromatic N) is 1. The van der Waals surface area contributed by atoms with Crippen molar-refractivity contribution in [1.29, 1.82) is 0 Å². The summed E-state index contributed by atoms with van der Waals surface area (Å²) in [4.78, 5) is 27.5. The molecule has 1 aliphatic rings. The van der Waals surface area contributed by atoms with Gasteiger partial charge in [-0.25, -0.2) is 0 Å². The van der Waals surface area contributed by atoms with Crippen LogP contribution in [0, 0.1) is 0 Å². The van der Waals surface area contributed by atoms with Gasteiger partial charge >= 0.3 is 5.97 Å². The van der Waals surface area contributed by atoms with Crippen molar-refractivity contribution in [2.75, 3.05) is 7.11 Å². The van der Waals surface area contributed by atoms with Crippen molar-refractivity contribution in [1.82, 2.24) is 4.90 Å². The van der Waals surface area contributed by atoms with Crippen LogP contribution in [0.2, 0.25) is 0 Å². The highest BCUT2D eigenvalue weighted by molar-refractivity contribution is 6.00. The third-order valence-corrected chi connectivity index (χ3v) is 5.34. The second-order valence-corrected chi connectivity index (χ2v) is 7.04. The Morgan fingerprint density at radius 1 is 1.00 bits per heavy atom. The van der Waals surface area contributed by atoms with Crippen LogP contribution < -0.4 is 4.74 Å². The van der Waals surface area contributed by atoms with Gasteiger partial charge in [0.1, 0.15) is 11.7 Å². The highest BCUT2D eigenvalue weighted by Crippen LogP contribution is 2.44. The van der Waals surface area contributed by atoms with Gasteiger partial charge in [-0.15, -0.1) is 0 Å². The number of methoxy groups -OCH3 is 1. The quantitative estimate of drug-likeness (QED) is 0.710. The van der Waals surface area contributed by atoms with E-state index in [2.05, 4.69) is 0 Å². The fourth-order valence-electron chi connectivity index (χ4n) is 4.01. The number of fused-ring (bicyclic) bond motifs is 1. The largest absolute Gasteiger partial charge is 0.497 e. The zero-order valence-electron chi connectivity index (χ0n) is 16.0. The van der Waals surface area contributed by atoms with Crippen LogP contribution >= 0.6 is 0 Å². The Hall–Kier alpha value is -3.60. The Morgan fingerprint density at radius 2 is 1.72 bits per heavy atom. The van der Waals surface area contributed by atoms with E-state index in [-0.39, 0.29) is 5.91 Å². The van der Waals surface area contributed by atoms with Crippen LogP contribution in [0.25, 0.3) is 0 Å². The van der Waals surface area contributed by atoms with Crippen LogP contribution in [0.15, 0.2) is 78.9 Å². The molecule has 1 amide bonds. The molecular weight excluding hydrogens is 366 g/mol. The Balaban J connectivity index is 1.89. The molecule has 4 rings (SSSR count). The molecule has 0 bridgehead atoms. The summed E-state index contributed by atoms with van der Waals surface area (Å²) in [7, 11) is 1.57. The lowest BCUT2D eigenvalue weighted by atomic mass is 9.79. The van der Waals surface area contributed by atoms with Crippen LogP contribution in [0.1, 0.15) is 39.0 Å². The topological polar surface area (TPSA) is 66.8 Å². The number of rotatable bonds is 5. The molecule has 3 aromatic rings. The Labute approximate surface area is 169 Å². The summed E-state index contributed by atoms with van der Waals surface area (Å²) in [5.74, 6) is -1.39. The van der Waals surface area contributed by atoms with Gasteiger partial charge in [0.05, 0.1) is 13.2 Å². The minimum Gasteiger partial charge on any atom is -0.497 e. The number of hydrogen-bond acceptors (Lipinski definition) is 3. The van der Waals surface area contributed by atoms with Gasteiger partial charge in [-0.1, -0.05) is 60.7 Å². The van der Waals surface area contributed by atoms with E-state index in [0.29, 0.717) is 23.4 Å². The maximum Gasteiger partial charge on any atom is 0.313 e. The Morgan fingerprint density at radius 3 is 2.45 bits per heavy atom. The Kier molecular flexibility index (Phi) is 5.04. The fraction of sp³-hybridized carbons (Fsp3) is 0.167. The summed E-state index contributed by atoms with van der Waals surface area (Å²) in [5, 5.41) is 10.1. The van der Waals surface area contributed by atoms with Gasteiger partial charge in [0, 0.05) is 12.1 Å². The summed E-state index contributed by atoms with van der Waals surface area (Å²) >= 11 is 0. The molecular formula is C24H21NO4. The number of aliphatic carboxylic acids is 1. The molecule has 0 aliphatic carbocycles. The first-order valence-corrected chi connectivity index (χ1v) is 9.40. The van der Waals surface area contributed by atoms with Crippen LogP contribution in [0.3, 0.4) is 0 Å². The number of carboxylic acid groups (broad SMARTS) is 1. The first-order chi connectivity index (χ1) is 14.1. The first kappa shape index (κ1) is 18.7. The molecule has 1 N–H and O–H groups in total. The summed E-state index contributed by atoms with van der Waals surface area (Å²) in [6.45, 7) is 0.319. The van der Waals surface area contributed by atoms with Gasteiger partial charge in [0.25, 0.3) is 5.91 Å². The molecule has 0 spiro atoms. The van der Waals surface area contributed by atoms with E-state index in [9.17, 15) is 14.7 Å². The molecule has 0 fully saturated rings. The van der Waals surface area contributed by atoms with Gasteiger partial charge < -0.3 is 14.7 Å². The van der Waals surface area contributed by atoms with E-state index in [0.717, 1.165) is 11.1 Å². The summed E-state index contributed by atoms with van der Waals surface area (Å²) in [6.07, 6.45) is 0. The highest BCUT2D eigenvalue weighted by Gasteiger charge is 2.44. The second-order valence-electron chi connectivity index (χ2n) is 7.04. The zero-order chi connectivity index (χ0) is 20.4. The molecule has 146 valence electrons. The van der Waals surface area contributed by atoms with Crippen molar-refractivity contribution in [3.8, 4) is 5.75 Å². The van der Waals surface area contributed by atoms with Crippen molar-refractivity contribution < 1.29 is 19.4 Å². The van der Waals surface area contributed by atoms with Gasteiger partial charge in [0.15, 0.2) is 0 Å². The highest BCUT2D eigenvalue weighted by atomic mass is 16.5. The molecule has 0 saturated carbocycles. The number of benzene rings is 3. The molecule has 5 heteroatoms. The number of ether oxygens (including phenoxy) is 1. The van der Waals surface area contributed by atoms with Crippen molar-refractivity contribution in [3.05, 3.63) is 101 Å². The number of hydrogen-bond donors (Lipinski definition) is 1. The molecule has 0 saturated heterocycles. The molecule has 2 atom stereocenters. The van der Waals surface area contributed by atoms with Crippen molar-refractivity contribution >= 4 is 11.9 Å². The second kappa shape index (κ2) is 7.80. The Bertz CT molecular complexity index is 1050. The van der Waals surface area contributed by atoms with Crippen LogP contribution in [-0.2, 0) is 11.3 Å². The minimum absolute atomic E-state index is 0.172. The van der Waals surface area contributed by atoms with Crippen LogP contribution in [-0.4, -0.2) is 29.0 Å². The molecule has 5 nitrogen and oxygen atoms in total. The van der Waals surface area contributed by atoms with Crippen molar-refractivity contribution in [2.24, 2.45) is 0 Å². The predicted octanol–water partition coefficient (Wildman–Crippen LogP) is 4.26. The SMILES string of the molecule is COc1cccc([C@@H]2[C@H](C(=O)O)c3ccccc3C(=O)N2Cc2ccccc2)c1. The maximum atomic E-state index is 13.4. The number of carbonyl (C=O) groups excluding carboxylic acids is 1. The number of carboxylic acids is 1. The van der Waals surface area contributed by atoms with Gasteiger partial charge in [-0.3, -0.25) is 9.59 Å². The lowest BCUT2D eigenvalue weighted by molar-refractivity contribution is -0.140. The van der Waals surface area contributed by atoms with Gasteiger partial charge in [0.2, 0.25) is 0 Å². The fourth-order valence-corrected chi connectivity index (χ4v) is 4.01. The van der Waals surface area contributed by atoms with Crippen LogP contribution in [0.4, 0.5) is 0 Å². The number of amides is 1. The van der Waals surface area contributed by atoms with Gasteiger partial charge in [-0.2, -0.15) is 0 Å². The standard InChI is InChI=1S/C24H21NO4/c1-29-18-11-7-10-17(14-18)22-21(24(27)28)19-12-5-6-13-20(19)23(26)25(22)15-16-8-3-2-4-9-16/h2-14,21-22H,15H2,1H3,(H,27,28)/t21-,22-/m1/s1. The summed E-state index contributed by atoms with van der Waals surface area (Å²) in [6, 6.07) is 23.2. The van der Waals surface area contributed by atoms with Crippen molar-refractivity contribution in [2.45, 2.75) is 18.5 Å². The molecule has 0 radical (unpaired) electrons. The lowest BCUT2D eigenvalue weighted by Gasteiger charge is -2.41. The van der Waals surface area contributed by atoms with E-state index >= 15 is 0 Å². The average Bonchev–Trinajstić information content (AvgIpc) is 2.76.